The van der Waals surface area contributed by atoms with Crippen LogP contribution in [0.4, 0.5) is 0 Å². The molecule has 0 saturated carbocycles. The standard InChI is InChI=1S/C25H18NOS/c1-15-18-9-5-6-10-22(18)27-25(15)21-13-20-19-11-16-7-3-4-8-17(16)12-23(19)28-24(20)14-26(21)2/h3-14H,1-2H3/q+1. The van der Waals surface area contributed by atoms with Gasteiger partial charge in [0.2, 0.25) is 11.5 Å². The predicted octanol–water partition coefficient (Wildman–Crippen LogP) is 6.75. The summed E-state index contributed by atoms with van der Waals surface area (Å²) in [5, 5.41) is 6.36. The van der Waals surface area contributed by atoms with Crippen molar-refractivity contribution in [1.29, 1.82) is 0 Å². The molecule has 0 saturated heterocycles. The van der Waals surface area contributed by atoms with Crippen LogP contribution >= 0.6 is 11.3 Å². The van der Waals surface area contributed by atoms with Crippen LogP contribution < -0.4 is 4.57 Å². The number of hydrogen-bond acceptors (Lipinski definition) is 2. The van der Waals surface area contributed by atoms with Crippen molar-refractivity contribution in [2.45, 2.75) is 6.92 Å². The van der Waals surface area contributed by atoms with E-state index in [1.807, 2.05) is 23.5 Å². The Kier molecular flexibility index (Phi) is 3.21. The third-order valence-electron chi connectivity index (χ3n) is 5.67. The fourth-order valence-electron chi connectivity index (χ4n) is 4.19. The zero-order valence-corrected chi connectivity index (χ0v) is 16.5. The van der Waals surface area contributed by atoms with Crippen LogP contribution in [0.25, 0.3) is 53.4 Å². The van der Waals surface area contributed by atoms with E-state index in [0.717, 1.165) is 17.0 Å². The molecule has 3 aromatic heterocycles. The van der Waals surface area contributed by atoms with Crippen LogP contribution in [0.1, 0.15) is 5.56 Å². The molecule has 6 aromatic rings. The molecule has 3 aromatic carbocycles. The van der Waals surface area contributed by atoms with Crippen molar-refractivity contribution in [3.05, 3.63) is 78.5 Å². The SMILES string of the molecule is Cc1c(-c2cc3c(c[n+]2C)sc2cc4ccccc4cc23)oc2ccccc12. The van der Waals surface area contributed by atoms with Gasteiger partial charge in [-0.3, -0.25) is 0 Å². The molecule has 2 nitrogen and oxygen atoms in total. The maximum Gasteiger partial charge on any atom is 0.249 e. The minimum absolute atomic E-state index is 0.941. The van der Waals surface area contributed by atoms with Gasteiger partial charge in [0.25, 0.3) is 0 Å². The third-order valence-corrected chi connectivity index (χ3v) is 6.77. The molecule has 0 radical (unpaired) electrons. The van der Waals surface area contributed by atoms with Gasteiger partial charge in [-0.05, 0) is 35.9 Å². The van der Waals surface area contributed by atoms with E-state index in [0.29, 0.717) is 0 Å². The number of rotatable bonds is 1. The number of benzene rings is 3. The van der Waals surface area contributed by atoms with Gasteiger partial charge in [-0.1, -0.05) is 42.5 Å². The predicted molar refractivity (Wildman–Crippen MR) is 118 cm³/mol. The highest BCUT2D eigenvalue weighted by Gasteiger charge is 2.22. The molecule has 0 unspecified atom stereocenters. The molecule has 0 atom stereocenters. The van der Waals surface area contributed by atoms with Gasteiger partial charge in [-0.2, -0.15) is 4.57 Å². The summed E-state index contributed by atoms with van der Waals surface area (Å²) in [5.41, 5.74) is 3.24. The second-order valence-corrected chi connectivity index (χ2v) is 8.48. The first-order valence-corrected chi connectivity index (χ1v) is 10.2. The van der Waals surface area contributed by atoms with Gasteiger partial charge >= 0.3 is 0 Å². The summed E-state index contributed by atoms with van der Waals surface area (Å²) < 4.78 is 11.1. The maximum absolute atomic E-state index is 6.26. The lowest BCUT2D eigenvalue weighted by atomic mass is 10.1. The number of pyridine rings is 1. The first kappa shape index (κ1) is 15.8. The van der Waals surface area contributed by atoms with E-state index < -0.39 is 0 Å². The van der Waals surface area contributed by atoms with Crippen molar-refractivity contribution in [2.24, 2.45) is 7.05 Å². The van der Waals surface area contributed by atoms with Crippen LogP contribution in [0.5, 0.6) is 0 Å². The lowest BCUT2D eigenvalue weighted by Gasteiger charge is -2.00. The van der Waals surface area contributed by atoms with Crippen LogP contribution in [0, 0.1) is 6.92 Å². The zero-order valence-electron chi connectivity index (χ0n) is 15.7. The van der Waals surface area contributed by atoms with E-state index >= 15 is 0 Å². The second-order valence-electron chi connectivity index (χ2n) is 7.40. The van der Waals surface area contributed by atoms with Crippen molar-refractivity contribution in [2.75, 3.05) is 0 Å². The quantitative estimate of drug-likeness (QED) is 0.288. The highest BCUT2D eigenvalue weighted by molar-refractivity contribution is 7.25. The van der Waals surface area contributed by atoms with Crippen molar-refractivity contribution < 1.29 is 8.98 Å². The van der Waals surface area contributed by atoms with E-state index in [2.05, 4.69) is 79.3 Å². The van der Waals surface area contributed by atoms with Crippen LogP contribution in [-0.4, -0.2) is 0 Å². The van der Waals surface area contributed by atoms with Crippen LogP contribution in [0.15, 0.2) is 77.3 Å². The number of fused-ring (bicyclic) bond motifs is 5. The molecular formula is C25H18NOS+. The Balaban J connectivity index is 1.68. The first-order chi connectivity index (χ1) is 13.7. The van der Waals surface area contributed by atoms with Gasteiger partial charge in [0.1, 0.15) is 12.6 Å². The minimum atomic E-state index is 0.941. The molecule has 0 aliphatic carbocycles. The molecule has 0 N–H and O–H groups in total. The molecule has 0 aliphatic heterocycles. The average Bonchev–Trinajstić information content (AvgIpc) is 3.22. The molecular weight excluding hydrogens is 362 g/mol. The van der Waals surface area contributed by atoms with E-state index in [-0.39, 0.29) is 0 Å². The number of para-hydroxylation sites is 1. The Labute approximate surface area is 166 Å². The van der Waals surface area contributed by atoms with Crippen LogP contribution in [0.3, 0.4) is 0 Å². The molecule has 0 spiro atoms. The Morgan fingerprint density at radius 3 is 2.32 bits per heavy atom. The summed E-state index contributed by atoms with van der Waals surface area (Å²) in [6.45, 7) is 2.14. The van der Waals surface area contributed by atoms with Crippen molar-refractivity contribution in [3.63, 3.8) is 0 Å². The summed E-state index contributed by atoms with van der Waals surface area (Å²) in [6.07, 6.45) is 2.23. The molecule has 0 aliphatic rings. The van der Waals surface area contributed by atoms with Crippen molar-refractivity contribution >= 4 is 53.3 Å². The summed E-state index contributed by atoms with van der Waals surface area (Å²) in [4.78, 5) is 0. The molecule has 0 fully saturated rings. The molecule has 3 heteroatoms. The summed E-state index contributed by atoms with van der Waals surface area (Å²) in [5.74, 6) is 0.950. The van der Waals surface area contributed by atoms with Crippen molar-refractivity contribution in [1.82, 2.24) is 0 Å². The Morgan fingerprint density at radius 1 is 0.786 bits per heavy atom. The Bertz CT molecular complexity index is 1540. The fourth-order valence-corrected chi connectivity index (χ4v) is 5.38. The minimum Gasteiger partial charge on any atom is -0.449 e. The second kappa shape index (κ2) is 5.66. The van der Waals surface area contributed by atoms with Gasteiger partial charge in [-0.25, -0.2) is 0 Å². The van der Waals surface area contributed by atoms with Crippen LogP contribution in [0.2, 0.25) is 0 Å². The molecule has 28 heavy (non-hydrogen) atoms. The third kappa shape index (κ3) is 2.17. The van der Waals surface area contributed by atoms with E-state index in [9.17, 15) is 0 Å². The number of furan rings is 1. The topological polar surface area (TPSA) is 17.0 Å². The van der Waals surface area contributed by atoms with Gasteiger partial charge < -0.3 is 4.42 Å². The highest BCUT2D eigenvalue weighted by atomic mass is 32.1. The zero-order chi connectivity index (χ0) is 18.8. The maximum atomic E-state index is 6.26. The lowest BCUT2D eigenvalue weighted by Crippen LogP contribution is -2.30. The monoisotopic (exact) mass is 380 g/mol. The number of aromatic nitrogens is 1. The van der Waals surface area contributed by atoms with Crippen LogP contribution in [-0.2, 0) is 7.05 Å². The Hall–Kier alpha value is -3.17. The lowest BCUT2D eigenvalue weighted by molar-refractivity contribution is -0.659. The first-order valence-electron chi connectivity index (χ1n) is 9.42. The largest absolute Gasteiger partial charge is 0.449 e. The van der Waals surface area contributed by atoms with Crippen molar-refractivity contribution in [3.8, 4) is 11.5 Å². The Morgan fingerprint density at radius 2 is 1.50 bits per heavy atom. The van der Waals surface area contributed by atoms with E-state index in [4.69, 9.17) is 4.42 Å². The molecule has 6 rings (SSSR count). The number of nitrogens with zero attached hydrogens (tertiary/aromatic N) is 1. The fraction of sp³-hybridized carbons (Fsp3) is 0.0800. The molecule has 3 heterocycles. The summed E-state index contributed by atoms with van der Waals surface area (Å²) in [6, 6.07) is 23.7. The molecule has 0 bridgehead atoms. The van der Waals surface area contributed by atoms with Gasteiger partial charge in [0, 0.05) is 32.5 Å². The van der Waals surface area contributed by atoms with E-state index in [1.165, 1.54) is 41.9 Å². The highest BCUT2D eigenvalue weighted by Crippen LogP contribution is 2.38. The average molecular weight is 380 g/mol. The molecule has 0 amide bonds. The van der Waals surface area contributed by atoms with E-state index in [1.54, 1.807) is 0 Å². The van der Waals surface area contributed by atoms with Gasteiger partial charge in [0.05, 0.1) is 4.70 Å². The summed E-state index contributed by atoms with van der Waals surface area (Å²) in [7, 11) is 2.10. The smallest absolute Gasteiger partial charge is 0.249 e. The van der Waals surface area contributed by atoms with Gasteiger partial charge in [-0.15, -0.1) is 11.3 Å². The summed E-state index contributed by atoms with van der Waals surface area (Å²) >= 11 is 1.85. The normalized spacial score (nSPS) is 11.9. The number of hydrogen-bond donors (Lipinski definition) is 0. The number of aryl methyl sites for hydroxylation is 2. The number of thiophene rings is 1. The van der Waals surface area contributed by atoms with Gasteiger partial charge in [0.15, 0.2) is 6.20 Å². The molecule has 134 valence electrons.